The fourth-order valence-electron chi connectivity index (χ4n) is 3.66. The Morgan fingerprint density at radius 3 is 2.43 bits per heavy atom. The summed E-state index contributed by atoms with van der Waals surface area (Å²) in [6.07, 6.45) is 6.51. The van der Waals surface area contributed by atoms with Crippen LogP contribution in [0.5, 0.6) is 0 Å². The lowest BCUT2D eigenvalue weighted by Gasteiger charge is -2.31. The lowest BCUT2D eigenvalue weighted by atomic mass is 9.91. The van der Waals surface area contributed by atoms with Crippen LogP contribution >= 0.6 is 11.6 Å². The minimum absolute atomic E-state index is 0.449. The number of piperidine rings is 1. The molecule has 0 aliphatic carbocycles. The largest absolute Gasteiger partial charge is 0.331 e. The fraction of sp³-hybridized carbons (Fsp3) is 0.348. The molecule has 2 aromatic carbocycles. The second-order valence-corrected chi connectivity index (χ2v) is 9.56. The molecule has 7 heteroatoms. The van der Waals surface area contributed by atoms with E-state index in [2.05, 4.69) is 29.0 Å². The number of halogens is 1. The van der Waals surface area contributed by atoms with Gasteiger partial charge in [-0.25, -0.2) is 17.9 Å². The van der Waals surface area contributed by atoms with E-state index >= 15 is 0 Å². The van der Waals surface area contributed by atoms with Crippen LogP contribution in [0.1, 0.15) is 36.8 Å². The smallest absolute Gasteiger partial charge is 0.324 e. The maximum Gasteiger partial charge on any atom is 0.331 e. The van der Waals surface area contributed by atoms with E-state index in [-0.39, 0.29) is 0 Å². The average molecular weight is 447 g/mol. The summed E-state index contributed by atoms with van der Waals surface area (Å²) in [6, 6.07) is 16.8. The Morgan fingerprint density at radius 2 is 1.73 bits per heavy atom. The monoisotopic (exact) mass is 446 g/mol. The van der Waals surface area contributed by atoms with E-state index in [1.54, 1.807) is 29.2 Å². The Morgan fingerprint density at radius 1 is 1.07 bits per heavy atom. The first kappa shape index (κ1) is 22.4. The van der Waals surface area contributed by atoms with Gasteiger partial charge in [-0.15, -0.1) is 0 Å². The minimum atomic E-state index is -3.88. The Balaban J connectivity index is 1.42. The molecule has 2 aromatic rings. The van der Waals surface area contributed by atoms with E-state index in [0.29, 0.717) is 29.6 Å². The molecular weight excluding hydrogens is 420 g/mol. The van der Waals surface area contributed by atoms with Gasteiger partial charge < -0.3 is 4.90 Å². The van der Waals surface area contributed by atoms with Crippen LogP contribution < -0.4 is 4.72 Å². The number of aryl methyl sites for hydroxylation is 1. The highest BCUT2D eigenvalue weighted by Crippen LogP contribution is 2.23. The molecule has 1 aliphatic rings. The number of sulfonamides is 1. The van der Waals surface area contributed by atoms with Gasteiger partial charge in [-0.2, -0.15) is 0 Å². The Labute approximate surface area is 183 Å². The molecule has 5 nitrogen and oxygen atoms in total. The highest BCUT2D eigenvalue weighted by Gasteiger charge is 2.24. The van der Waals surface area contributed by atoms with Crippen molar-refractivity contribution in [3.63, 3.8) is 0 Å². The van der Waals surface area contributed by atoms with Gasteiger partial charge in [-0.1, -0.05) is 60.1 Å². The molecule has 3 rings (SSSR count). The van der Waals surface area contributed by atoms with Gasteiger partial charge in [-0.05, 0) is 61.3 Å². The molecule has 0 spiro atoms. The Hall–Kier alpha value is -2.31. The van der Waals surface area contributed by atoms with Crippen LogP contribution in [0, 0.1) is 5.92 Å². The Bertz CT molecular complexity index is 969. The minimum Gasteiger partial charge on any atom is -0.324 e. The maximum atomic E-state index is 12.4. The number of rotatable bonds is 7. The second-order valence-electron chi connectivity index (χ2n) is 7.58. The molecule has 0 radical (unpaired) electrons. The van der Waals surface area contributed by atoms with E-state index in [0.717, 1.165) is 37.5 Å². The van der Waals surface area contributed by atoms with E-state index in [1.807, 2.05) is 6.07 Å². The summed E-state index contributed by atoms with van der Waals surface area (Å²) in [6.45, 7) is 1.15. The summed E-state index contributed by atoms with van der Waals surface area (Å²) in [7, 11) is -3.88. The summed E-state index contributed by atoms with van der Waals surface area (Å²) >= 11 is 6.02. The summed E-state index contributed by atoms with van der Waals surface area (Å²) in [5, 5.41) is 1.42. The first-order valence-electron chi connectivity index (χ1n) is 10.2. The van der Waals surface area contributed by atoms with E-state index in [4.69, 9.17) is 11.6 Å². The van der Waals surface area contributed by atoms with E-state index < -0.39 is 16.1 Å². The van der Waals surface area contributed by atoms with Gasteiger partial charge in [0.05, 0.1) is 5.41 Å². The van der Waals surface area contributed by atoms with Crippen LogP contribution in [0.15, 0.2) is 60.0 Å². The number of hydrogen-bond donors (Lipinski definition) is 1. The lowest BCUT2D eigenvalue weighted by molar-refractivity contribution is 0.172. The topological polar surface area (TPSA) is 66.5 Å². The molecule has 160 valence electrons. The van der Waals surface area contributed by atoms with Gasteiger partial charge in [0.15, 0.2) is 0 Å². The van der Waals surface area contributed by atoms with Gasteiger partial charge in [0.25, 0.3) is 10.0 Å². The van der Waals surface area contributed by atoms with Crippen LogP contribution in [0.25, 0.3) is 6.08 Å². The van der Waals surface area contributed by atoms with E-state index in [9.17, 15) is 13.2 Å². The number of amides is 2. The number of benzene rings is 2. The van der Waals surface area contributed by atoms with Gasteiger partial charge >= 0.3 is 6.03 Å². The molecule has 1 N–H and O–H groups in total. The number of nitrogens with one attached hydrogen (secondary N) is 1. The number of urea groups is 1. The van der Waals surface area contributed by atoms with E-state index in [1.165, 1.54) is 11.6 Å². The zero-order valence-corrected chi connectivity index (χ0v) is 18.4. The highest BCUT2D eigenvalue weighted by atomic mass is 35.5. The van der Waals surface area contributed by atoms with Crippen molar-refractivity contribution in [3.8, 4) is 0 Å². The number of nitrogens with zero attached hydrogens (tertiary/aromatic N) is 1. The molecule has 1 fully saturated rings. The molecule has 0 bridgehead atoms. The van der Waals surface area contributed by atoms with Crippen LogP contribution in [-0.4, -0.2) is 32.4 Å². The maximum absolute atomic E-state index is 12.4. The number of hydrogen-bond acceptors (Lipinski definition) is 3. The molecule has 30 heavy (non-hydrogen) atoms. The standard InChI is InChI=1S/C23H27ClN2O3S/c24-22-12-5-4-11-21(22)15-18-30(28,29)25-23(27)26-16-13-20(14-17-26)10-6-9-19-7-2-1-3-8-19/h1-5,7-8,11-12,15,18,20H,6,9-10,13-14,16-17H2,(H,25,27). The van der Waals surface area contributed by atoms with Crippen molar-refractivity contribution in [3.05, 3.63) is 76.2 Å². The zero-order chi connectivity index (χ0) is 21.4. The molecule has 1 aliphatic heterocycles. The molecular formula is C23H27ClN2O3S. The zero-order valence-electron chi connectivity index (χ0n) is 16.8. The lowest BCUT2D eigenvalue weighted by Crippen LogP contribution is -2.45. The first-order valence-corrected chi connectivity index (χ1v) is 12.1. The molecule has 0 atom stereocenters. The first-order chi connectivity index (χ1) is 14.4. The molecule has 0 unspecified atom stereocenters. The number of carbonyl (C=O) groups excluding carboxylic acids is 1. The third-order valence-corrected chi connectivity index (χ3v) is 6.68. The van der Waals surface area contributed by atoms with Gasteiger partial charge in [0.2, 0.25) is 0 Å². The summed E-state index contributed by atoms with van der Waals surface area (Å²) in [5.41, 5.74) is 1.93. The summed E-state index contributed by atoms with van der Waals surface area (Å²) < 4.78 is 26.6. The van der Waals surface area contributed by atoms with Crippen molar-refractivity contribution in [1.29, 1.82) is 0 Å². The van der Waals surface area contributed by atoms with Crippen molar-refractivity contribution in [2.75, 3.05) is 13.1 Å². The van der Waals surface area contributed by atoms with Crippen LogP contribution in [0.3, 0.4) is 0 Å². The third kappa shape index (κ3) is 6.89. The molecule has 1 heterocycles. The molecule has 0 aromatic heterocycles. The predicted molar refractivity (Wildman–Crippen MR) is 122 cm³/mol. The van der Waals surface area contributed by atoms with Crippen molar-refractivity contribution in [2.45, 2.75) is 32.1 Å². The predicted octanol–water partition coefficient (Wildman–Crippen LogP) is 5.09. The van der Waals surface area contributed by atoms with Crippen molar-refractivity contribution >= 4 is 33.7 Å². The third-order valence-electron chi connectivity index (χ3n) is 5.38. The number of carbonyl (C=O) groups is 1. The quantitative estimate of drug-likeness (QED) is 0.644. The summed E-state index contributed by atoms with van der Waals surface area (Å²) in [4.78, 5) is 14.0. The molecule has 0 saturated carbocycles. The van der Waals surface area contributed by atoms with Gasteiger partial charge in [0.1, 0.15) is 0 Å². The van der Waals surface area contributed by atoms with Crippen LogP contribution in [-0.2, 0) is 16.4 Å². The summed E-state index contributed by atoms with van der Waals surface area (Å²) in [5.74, 6) is 0.578. The second kappa shape index (κ2) is 10.6. The van der Waals surface area contributed by atoms with Gasteiger partial charge in [-0.3, -0.25) is 0 Å². The fourth-order valence-corrected chi connectivity index (χ4v) is 4.62. The Kier molecular flexibility index (Phi) is 7.94. The SMILES string of the molecule is O=C(NS(=O)(=O)C=Cc1ccccc1Cl)N1CCC(CCCc2ccccc2)CC1. The van der Waals surface area contributed by atoms with Crippen molar-refractivity contribution in [2.24, 2.45) is 5.92 Å². The average Bonchev–Trinajstić information content (AvgIpc) is 2.74. The van der Waals surface area contributed by atoms with Crippen LogP contribution in [0.4, 0.5) is 4.79 Å². The van der Waals surface area contributed by atoms with Gasteiger partial charge in [0, 0.05) is 18.1 Å². The highest BCUT2D eigenvalue weighted by molar-refractivity contribution is 7.93. The van der Waals surface area contributed by atoms with Crippen LogP contribution in [0.2, 0.25) is 5.02 Å². The number of likely N-dealkylation sites (tertiary alicyclic amines) is 1. The molecule has 2 amide bonds. The molecule has 1 saturated heterocycles. The van der Waals surface area contributed by atoms with Crippen molar-refractivity contribution < 1.29 is 13.2 Å². The van der Waals surface area contributed by atoms with Crippen molar-refractivity contribution in [1.82, 2.24) is 9.62 Å². The normalized spacial score (nSPS) is 15.4.